The molecule has 2 unspecified atom stereocenters. The molecule has 1 radical (unpaired) electrons. The van der Waals surface area contributed by atoms with Crippen LogP contribution < -0.4 is 14.2 Å². The summed E-state index contributed by atoms with van der Waals surface area (Å²) in [6, 6.07) is 44.5. The number of ketones is 2. The summed E-state index contributed by atoms with van der Waals surface area (Å²) in [4.78, 5) is 58.9. The molecule has 12 heteroatoms. The second-order valence-electron chi connectivity index (χ2n) is 15.9. The van der Waals surface area contributed by atoms with Gasteiger partial charge in [0, 0.05) is 19.5 Å². The Labute approximate surface area is 369 Å². The summed E-state index contributed by atoms with van der Waals surface area (Å²) < 4.78 is 22.4. The second-order valence-corrected chi connectivity index (χ2v) is 15.9. The third-order valence-corrected chi connectivity index (χ3v) is 11.4. The zero-order valence-electron chi connectivity index (χ0n) is 35.6. The minimum absolute atomic E-state index is 0.0647. The Kier molecular flexibility index (Phi) is 11.8. The van der Waals surface area contributed by atoms with Gasteiger partial charge in [-0.1, -0.05) is 72.8 Å². The van der Waals surface area contributed by atoms with Gasteiger partial charge in [0.05, 0.1) is 33.1 Å². The molecule has 3 heterocycles. The number of imidazole rings is 3. The quantitative estimate of drug-likeness (QED) is 0.0836. The Balaban J connectivity index is 0.920. The predicted octanol–water partition coefficient (Wildman–Crippen LogP) is 9.48. The molecule has 9 aromatic rings. The van der Waals surface area contributed by atoms with Crippen molar-refractivity contribution in [3.8, 4) is 17.2 Å². The summed E-state index contributed by atoms with van der Waals surface area (Å²) in [5.74, 6) is 0.315. The molecule has 0 saturated carbocycles. The molecular weight excluding hydrogens is 805 g/mol. The number of nitrogens with zero attached hydrogens (tertiary/aromatic N) is 5. The second kappa shape index (κ2) is 18.2. The van der Waals surface area contributed by atoms with E-state index >= 15 is 0 Å². The number of benzene rings is 6. The molecule has 0 spiro atoms. The van der Waals surface area contributed by atoms with Crippen LogP contribution in [0.2, 0.25) is 0 Å². The van der Waals surface area contributed by atoms with E-state index in [9.17, 15) is 14.4 Å². The van der Waals surface area contributed by atoms with Crippen LogP contribution in [0.5, 0.6) is 17.2 Å². The van der Waals surface area contributed by atoms with Crippen molar-refractivity contribution in [3.05, 3.63) is 180 Å². The fourth-order valence-corrected chi connectivity index (χ4v) is 8.10. The van der Waals surface area contributed by atoms with Crippen molar-refractivity contribution < 1.29 is 28.6 Å². The minimum atomic E-state index is -1.34. The Morgan fingerprint density at radius 1 is 0.609 bits per heavy atom. The lowest BCUT2D eigenvalue weighted by atomic mass is 9.80. The van der Waals surface area contributed by atoms with E-state index in [4.69, 9.17) is 24.2 Å². The maximum absolute atomic E-state index is 14.5. The Morgan fingerprint density at radius 2 is 1.14 bits per heavy atom. The lowest BCUT2D eigenvalue weighted by molar-refractivity contribution is -0.128. The van der Waals surface area contributed by atoms with Crippen molar-refractivity contribution in [2.24, 2.45) is 7.05 Å². The molecule has 2 atom stereocenters. The number of hydrogen-bond donors (Lipinski definition) is 1. The van der Waals surface area contributed by atoms with Gasteiger partial charge in [-0.2, -0.15) is 0 Å². The van der Waals surface area contributed by atoms with Crippen LogP contribution in [-0.4, -0.2) is 46.9 Å². The van der Waals surface area contributed by atoms with Crippen LogP contribution in [-0.2, 0) is 47.7 Å². The van der Waals surface area contributed by atoms with Gasteiger partial charge < -0.3 is 28.3 Å². The van der Waals surface area contributed by atoms with Gasteiger partial charge in [0.2, 0.25) is 6.29 Å². The number of ether oxygens (including phenoxy) is 3. The highest BCUT2D eigenvalue weighted by Gasteiger charge is 2.35. The topological polar surface area (TPSA) is 143 Å². The lowest BCUT2D eigenvalue weighted by Gasteiger charge is -2.20. The van der Waals surface area contributed by atoms with E-state index in [2.05, 4.69) is 28.4 Å². The first kappa shape index (κ1) is 41.5. The SMILES string of the molecule is CC(C)n1c(COc2ccc(C([C]=O)C(=O)C(C(=O)Cc3ccc(OCc4nc5ccccc5[nH]4)cc3)c3ccc(OCc4nc5ccccc5n4C)cc3)cc2)nc2ccccc21. The summed E-state index contributed by atoms with van der Waals surface area (Å²) in [5.41, 5.74) is 7.07. The summed E-state index contributed by atoms with van der Waals surface area (Å²) in [6.45, 7) is 4.87. The molecule has 9 rings (SSSR count). The van der Waals surface area contributed by atoms with E-state index in [0.717, 1.165) is 44.7 Å². The molecule has 319 valence electrons. The van der Waals surface area contributed by atoms with Gasteiger partial charge in [-0.05, 0) is 103 Å². The summed E-state index contributed by atoms with van der Waals surface area (Å²) in [6.07, 6.45) is 1.88. The van der Waals surface area contributed by atoms with Gasteiger partial charge in [-0.3, -0.25) is 14.4 Å². The molecule has 6 aromatic carbocycles. The van der Waals surface area contributed by atoms with Gasteiger partial charge in [0.1, 0.15) is 66.4 Å². The van der Waals surface area contributed by atoms with Crippen molar-refractivity contribution in [1.29, 1.82) is 0 Å². The molecule has 12 nitrogen and oxygen atoms in total. The molecular formula is C52H45N6O6. The van der Waals surface area contributed by atoms with E-state index in [-0.39, 0.29) is 38.1 Å². The van der Waals surface area contributed by atoms with Gasteiger partial charge >= 0.3 is 0 Å². The number of carbonyl (C=O) groups excluding carboxylic acids is 3. The smallest absolute Gasteiger partial charge is 0.214 e. The van der Waals surface area contributed by atoms with E-state index in [1.807, 2.05) is 90.7 Å². The number of H-pyrrole nitrogens is 1. The third-order valence-electron chi connectivity index (χ3n) is 11.4. The van der Waals surface area contributed by atoms with Crippen molar-refractivity contribution in [1.82, 2.24) is 29.1 Å². The Morgan fingerprint density at radius 3 is 1.77 bits per heavy atom. The number of aromatic nitrogens is 6. The zero-order valence-corrected chi connectivity index (χ0v) is 35.6. The van der Waals surface area contributed by atoms with Crippen LogP contribution in [0.3, 0.4) is 0 Å². The Hall–Kier alpha value is -7.86. The normalized spacial score (nSPS) is 12.4. The maximum atomic E-state index is 14.5. The van der Waals surface area contributed by atoms with Crippen molar-refractivity contribution >= 4 is 51.0 Å². The van der Waals surface area contributed by atoms with Gasteiger partial charge in [-0.25, -0.2) is 15.0 Å². The molecule has 0 amide bonds. The number of aromatic amines is 1. The van der Waals surface area contributed by atoms with Crippen LogP contribution in [0.15, 0.2) is 146 Å². The Bertz CT molecular complexity index is 3060. The van der Waals surface area contributed by atoms with Gasteiger partial charge in [0.15, 0.2) is 11.6 Å². The average molecular weight is 850 g/mol. The number of para-hydroxylation sites is 6. The number of Topliss-reactive ketones (excluding diaryl/α,β-unsaturated/α-hetero) is 2. The monoisotopic (exact) mass is 849 g/mol. The summed E-state index contributed by atoms with van der Waals surface area (Å²) >= 11 is 0. The fourth-order valence-electron chi connectivity index (χ4n) is 8.10. The summed E-state index contributed by atoms with van der Waals surface area (Å²) in [5, 5.41) is 0. The van der Waals surface area contributed by atoms with E-state index in [1.165, 1.54) is 0 Å². The molecule has 0 aliphatic heterocycles. The minimum Gasteiger partial charge on any atom is -0.486 e. The van der Waals surface area contributed by atoms with Crippen molar-refractivity contribution in [2.45, 2.75) is 58.0 Å². The fraction of sp³-hybridized carbons (Fsp3) is 0.192. The molecule has 0 aliphatic carbocycles. The molecule has 0 bridgehead atoms. The first-order valence-corrected chi connectivity index (χ1v) is 21.1. The zero-order chi connectivity index (χ0) is 44.2. The van der Waals surface area contributed by atoms with Gasteiger partial charge in [-0.15, -0.1) is 0 Å². The number of hydrogen-bond acceptors (Lipinski definition) is 9. The molecule has 0 saturated heterocycles. The first-order chi connectivity index (χ1) is 31.2. The number of fused-ring (bicyclic) bond motifs is 3. The van der Waals surface area contributed by atoms with Crippen LogP contribution in [0.4, 0.5) is 0 Å². The standard InChI is InChI=1S/C52H45N6O6/c1-33(2)58-46-15-9-7-13-44(46)56-50(58)32-64-38-24-18-35(19-25-38)40(29-59)52(61)51(36-20-26-39(27-21-36)63-31-49-55-43-12-6-8-14-45(43)57(49)3)47(60)28-34-16-22-37(23-17-34)62-30-48-53-41-10-4-5-11-42(41)54-48/h4-27,33,40,51H,28,30-32H2,1-3H3,(H,53,54). The van der Waals surface area contributed by atoms with E-state index in [1.54, 1.807) is 72.8 Å². The molecule has 64 heavy (non-hydrogen) atoms. The summed E-state index contributed by atoms with van der Waals surface area (Å²) in [7, 11) is 1.94. The third kappa shape index (κ3) is 8.76. The number of nitrogens with one attached hydrogen (secondary N) is 1. The number of carbonyl (C=O) groups is 2. The lowest BCUT2D eigenvalue weighted by Crippen LogP contribution is -2.29. The molecule has 1 N–H and O–H groups in total. The highest BCUT2D eigenvalue weighted by Crippen LogP contribution is 2.31. The highest BCUT2D eigenvalue weighted by molar-refractivity contribution is 6.15. The van der Waals surface area contributed by atoms with Crippen molar-refractivity contribution in [3.63, 3.8) is 0 Å². The highest BCUT2D eigenvalue weighted by atomic mass is 16.5. The number of rotatable bonds is 18. The predicted molar refractivity (Wildman–Crippen MR) is 244 cm³/mol. The number of aryl methyl sites for hydroxylation is 1. The molecule has 0 fully saturated rings. The largest absolute Gasteiger partial charge is 0.486 e. The molecule has 0 aliphatic rings. The molecule has 3 aromatic heterocycles. The maximum Gasteiger partial charge on any atom is 0.214 e. The first-order valence-electron chi connectivity index (χ1n) is 21.1. The van der Waals surface area contributed by atoms with Gasteiger partial charge in [0.25, 0.3) is 0 Å². The van der Waals surface area contributed by atoms with Crippen LogP contribution in [0, 0.1) is 0 Å². The van der Waals surface area contributed by atoms with E-state index < -0.39 is 17.6 Å². The van der Waals surface area contributed by atoms with E-state index in [0.29, 0.717) is 39.8 Å². The van der Waals surface area contributed by atoms with Crippen LogP contribution in [0.25, 0.3) is 33.1 Å². The average Bonchev–Trinajstić information content (AvgIpc) is 4.01. The van der Waals surface area contributed by atoms with Crippen molar-refractivity contribution in [2.75, 3.05) is 0 Å². The van der Waals surface area contributed by atoms with Crippen LogP contribution in [0.1, 0.15) is 65.9 Å². The van der Waals surface area contributed by atoms with Crippen LogP contribution >= 0.6 is 0 Å².